The number of sulfonamides is 1. The standard InChI is InChI=1S/C17H29N3O5S/c1-13(2)26(21,22)20-8-3-15(4-9-20)24-12-7-16-18-17(25-19-16)14-5-10-23-11-6-14/h13-15H,3-12H2,1-2H3. The van der Waals surface area contributed by atoms with Crippen molar-refractivity contribution >= 4 is 10.0 Å². The predicted octanol–water partition coefficient (Wildman–Crippen LogP) is 1.73. The molecule has 0 spiro atoms. The fraction of sp³-hybridized carbons (Fsp3) is 0.882. The van der Waals surface area contributed by atoms with Crippen molar-refractivity contribution in [1.82, 2.24) is 14.4 Å². The molecule has 9 heteroatoms. The number of ether oxygens (including phenoxy) is 2. The summed E-state index contributed by atoms with van der Waals surface area (Å²) in [6.45, 7) is 6.51. The van der Waals surface area contributed by atoms with Crippen molar-refractivity contribution in [3.63, 3.8) is 0 Å². The number of piperidine rings is 1. The molecule has 2 aliphatic rings. The lowest BCUT2D eigenvalue weighted by Gasteiger charge is -2.32. The van der Waals surface area contributed by atoms with Crippen molar-refractivity contribution in [2.75, 3.05) is 32.9 Å². The number of hydrogen-bond donors (Lipinski definition) is 0. The van der Waals surface area contributed by atoms with Gasteiger partial charge in [0.2, 0.25) is 15.9 Å². The van der Waals surface area contributed by atoms with Crippen LogP contribution in [0.3, 0.4) is 0 Å². The molecule has 1 aromatic heterocycles. The van der Waals surface area contributed by atoms with E-state index in [1.165, 1.54) is 0 Å². The number of hydrogen-bond acceptors (Lipinski definition) is 7. The van der Waals surface area contributed by atoms with Crippen LogP contribution >= 0.6 is 0 Å². The molecule has 2 aliphatic heterocycles. The van der Waals surface area contributed by atoms with Crippen LogP contribution in [-0.2, 0) is 25.9 Å². The zero-order chi connectivity index (χ0) is 18.6. The van der Waals surface area contributed by atoms with Crippen LogP contribution in [-0.4, -0.2) is 67.1 Å². The maximum atomic E-state index is 12.2. The zero-order valence-electron chi connectivity index (χ0n) is 15.6. The average molecular weight is 388 g/mol. The second kappa shape index (κ2) is 8.77. The summed E-state index contributed by atoms with van der Waals surface area (Å²) in [5.41, 5.74) is 0. The van der Waals surface area contributed by atoms with E-state index in [2.05, 4.69) is 10.1 Å². The maximum Gasteiger partial charge on any atom is 0.229 e. The van der Waals surface area contributed by atoms with Crippen molar-refractivity contribution in [3.05, 3.63) is 11.7 Å². The Balaban J connectivity index is 1.39. The fourth-order valence-electron chi connectivity index (χ4n) is 3.35. The van der Waals surface area contributed by atoms with Crippen molar-refractivity contribution in [1.29, 1.82) is 0 Å². The van der Waals surface area contributed by atoms with Gasteiger partial charge in [-0.3, -0.25) is 0 Å². The molecule has 0 saturated carbocycles. The van der Waals surface area contributed by atoms with E-state index in [0.29, 0.717) is 43.8 Å². The van der Waals surface area contributed by atoms with E-state index in [4.69, 9.17) is 14.0 Å². The highest BCUT2D eigenvalue weighted by Gasteiger charge is 2.30. The van der Waals surface area contributed by atoms with Gasteiger partial charge in [0.15, 0.2) is 5.82 Å². The summed E-state index contributed by atoms with van der Waals surface area (Å²) in [6.07, 6.45) is 4.01. The van der Waals surface area contributed by atoms with Crippen LogP contribution in [0.15, 0.2) is 4.52 Å². The van der Waals surface area contributed by atoms with Gasteiger partial charge in [-0.05, 0) is 39.5 Å². The summed E-state index contributed by atoms with van der Waals surface area (Å²) in [7, 11) is -3.16. The molecule has 0 unspecified atom stereocenters. The van der Waals surface area contributed by atoms with Gasteiger partial charge in [-0.1, -0.05) is 5.16 Å². The molecule has 148 valence electrons. The molecule has 26 heavy (non-hydrogen) atoms. The molecule has 8 nitrogen and oxygen atoms in total. The Hall–Kier alpha value is -1.03. The van der Waals surface area contributed by atoms with Crippen LogP contribution in [0.2, 0.25) is 0 Å². The monoisotopic (exact) mass is 387 g/mol. The van der Waals surface area contributed by atoms with E-state index in [1.54, 1.807) is 18.2 Å². The molecule has 0 bridgehead atoms. The Bertz CT molecular complexity index is 662. The van der Waals surface area contributed by atoms with E-state index >= 15 is 0 Å². The maximum absolute atomic E-state index is 12.2. The Labute approximate surface area is 155 Å². The summed E-state index contributed by atoms with van der Waals surface area (Å²) in [5.74, 6) is 1.68. The average Bonchev–Trinajstić information content (AvgIpc) is 3.12. The Morgan fingerprint density at radius 1 is 1.19 bits per heavy atom. The van der Waals surface area contributed by atoms with Gasteiger partial charge in [0.1, 0.15) is 0 Å². The van der Waals surface area contributed by atoms with Gasteiger partial charge in [-0.15, -0.1) is 0 Å². The third-order valence-electron chi connectivity index (χ3n) is 5.09. The highest BCUT2D eigenvalue weighted by molar-refractivity contribution is 7.89. The first-order chi connectivity index (χ1) is 12.5. The molecular weight excluding hydrogens is 358 g/mol. The van der Waals surface area contributed by atoms with Crippen LogP contribution in [0.4, 0.5) is 0 Å². The summed E-state index contributed by atoms with van der Waals surface area (Å²) >= 11 is 0. The van der Waals surface area contributed by atoms with E-state index in [0.717, 1.165) is 38.9 Å². The van der Waals surface area contributed by atoms with Crippen LogP contribution in [0.5, 0.6) is 0 Å². The highest BCUT2D eigenvalue weighted by Crippen LogP contribution is 2.25. The summed E-state index contributed by atoms with van der Waals surface area (Å²) in [4.78, 5) is 4.48. The molecule has 0 aromatic carbocycles. The van der Waals surface area contributed by atoms with Crippen LogP contribution in [0.1, 0.15) is 57.2 Å². The third-order valence-corrected chi connectivity index (χ3v) is 7.37. The predicted molar refractivity (Wildman–Crippen MR) is 95.4 cm³/mol. The van der Waals surface area contributed by atoms with Crippen LogP contribution in [0.25, 0.3) is 0 Å². The van der Waals surface area contributed by atoms with Gasteiger partial charge in [0.25, 0.3) is 0 Å². The molecule has 3 rings (SSSR count). The minimum atomic E-state index is -3.16. The number of aromatic nitrogens is 2. The molecule has 0 aliphatic carbocycles. The first-order valence-electron chi connectivity index (χ1n) is 9.47. The first-order valence-corrected chi connectivity index (χ1v) is 11.0. The fourth-order valence-corrected chi connectivity index (χ4v) is 4.66. The lowest BCUT2D eigenvalue weighted by molar-refractivity contribution is 0.0221. The highest BCUT2D eigenvalue weighted by atomic mass is 32.2. The lowest BCUT2D eigenvalue weighted by Crippen LogP contribution is -2.43. The van der Waals surface area contributed by atoms with E-state index in [1.807, 2.05) is 0 Å². The minimum Gasteiger partial charge on any atom is -0.381 e. The van der Waals surface area contributed by atoms with E-state index in [9.17, 15) is 8.42 Å². The van der Waals surface area contributed by atoms with Gasteiger partial charge in [-0.2, -0.15) is 4.98 Å². The largest absolute Gasteiger partial charge is 0.381 e. The molecule has 0 amide bonds. The zero-order valence-corrected chi connectivity index (χ0v) is 16.4. The van der Waals surface area contributed by atoms with Crippen molar-refractivity contribution in [2.24, 2.45) is 0 Å². The molecular formula is C17H29N3O5S. The Morgan fingerprint density at radius 3 is 2.54 bits per heavy atom. The summed E-state index contributed by atoms with van der Waals surface area (Å²) in [5, 5.41) is 3.67. The molecule has 1 aromatic rings. The van der Waals surface area contributed by atoms with Crippen molar-refractivity contribution in [3.8, 4) is 0 Å². The topological polar surface area (TPSA) is 94.8 Å². The number of nitrogens with zero attached hydrogens (tertiary/aromatic N) is 3. The van der Waals surface area contributed by atoms with E-state index < -0.39 is 10.0 Å². The molecule has 2 fully saturated rings. The second-order valence-corrected chi connectivity index (χ2v) is 9.74. The van der Waals surface area contributed by atoms with E-state index in [-0.39, 0.29) is 11.4 Å². The van der Waals surface area contributed by atoms with Crippen LogP contribution in [0, 0.1) is 0 Å². The number of rotatable bonds is 7. The SMILES string of the molecule is CC(C)S(=O)(=O)N1CCC(OCCc2noc(C3CCOCC3)n2)CC1. The second-order valence-electron chi connectivity index (χ2n) is 7.25. The molecule has 3 heterocycles. The molecule has 2 saturated heterocycles. The molecule has 0 atom stereocenters. The first kappa shape index (κ1) is 19.7. The summed E-state index contributed by atoms with van der Waals surface area (Å²) in [6, 6.07) is 0. The van der Waals surface area contributed by atoms with Crippen molar-refractivity contribution in [2.45, 2.75) is 63.2 Å². The quantitative estimate of drug-likeness (QED) is 0.703. The molecule has 0 N–H and O–H groups in total. The van der Waals surface area contributed by atoms with Gasteiger partial charge in [0, 0.05) is 38.6 Å². The van der Waals surface area contributed by atoms with Crippen LogP contribution < -0.4 is 0 Å². The van der Waals surface area contributed by atoms with Gasteiger partial charge in [0.05, 0.1) is 18.0 Å². The Kier molecular flexibility index (Phi) is 6.65. The summed E-state index contributed by atoms with van der Waals surface area (Å²) < 4.78 is 42.6. The minimum absolute atomic E-state index is 0.0930. The van der Waals surface area contributed by atoms with Gasteiger partial charge in [-0.25, -0.2) is 12.7 Å². The third kappa shape index (κ3) is 4.82. The Morgan fingerprint density at radius 2 is 1.88 bits per heavy atom. The smallest absolute Gasteiger partial charge is 0.229 e. The molecule has 0 radical (unpaired) electrons. The van der Waals surface area contributed by atoms with Gasteiger partial charge < -0.3 is 14.0 Å². The van der Waals surface area contributed by atoms with Gasteiger partial charge >= 0.3 is 0 Å². The lowest BCUT2D eigenvalue weighted by atomic mass is 10.0. The normalized spacial score (nSPS) is 21.5. The van der Waals surface area contributed by atoms with Crippen molar-refractivity contribution < 1.29 is 22.4 Å².